The molecule has 0 aliphatic heterocycles. The Morgan fingerprint density at radius 2 is 1.79 bits per heavy atom. The fourth-order valence-corrected chi connectivity index (χ4v) is 2.44. The van der Waals surface area contributed by atoms with E-state index in [1.54, 1.807) is 0 Å². The molecule has 128 valence electrons. The maximum absolute atomic E-state index is 5.76. The van der Waals surface area contributed by atoms with E-state index in [0.717, 1.165) is 17.2 Å². The minimum absolute atomic E-state index is 0.0746. The topological polar surface area (TPSA) is 42.5 Å². The zero-order chi connectivity index (χ0) is 17.4. The molecule has 0 heterocycles. The molecule has 2 aromatic rings. The van der Waals surface area contributed by atoms with Crippen molar-refractivity contribution in [2.45, 2.75) is 26.8 Å². The number of thiocarbonyl (C=S) groups is 1. The number of para-hydroxylation sites is 2. The number of aryl methyl sites for hydroxylation is 1. The van der Waals surface area contributed by atoms with Gasteiger partial charge in [-0.3, -0.25) is 0 Å². The summed E-state index contributed by atoms with van der Waals surface area (Å²) in [6, 6.07) is 15.8. The fraction of sp³-hybridized carbons (Fsp3) is 0.316. The van der Waals surface area contributed by atoms with E-state index in [1.807, 2.05) is 62.4 Å². The van der Waals surface area contributed by atoms with Crippen LogP contribution in [0.4, 0.5) is 5.69 Å². The average molecular weight is 344 g/mol. The van der Waals surface area contributed by atoms with Gasteiger partial charge in [0.1, 0.15) is 18.1 Å². The monoisotopic (exact) mass is 344 g/mol. The first kappa shape index (κ1) is 18.1. The molecule has 0 fully saturated rings. The van der Waals surface area contributed by atoms with Gasteiger partial charge in [-0.15, -0.1) is 0 Å². The van der Waals surface area contributed by atoms with Gasteiger partial charge in [0.25, 0.3) is 0 Å². The van der Waals surface area contributed by atoms with Gasteiger partial charge in [0, 0.05) is 0 Å². The van der Waals surface area contributed by atoms with Crippen molar-refractivity contribution in [2.75, 3.05) is 18.5 Å². The minimum atomic E-state index is 0.0746. The quantitative estimate of drug-likeness (QED) is 0.739. The third-order valence-electron chi connectivity index (χ3n) is 3.33. The van der Waals surface area contributed by atoms with Crippen molar-refractivity contribution in [3.05, 3.63) is 54.1 Å². The minimum Gasteiger partial charge on any atom is -0.492 e. The van der Waals surface area contributed by atoms with Crippen LogP contribution in [0.2, 0.25) is 0 Å². The van der Waals surface area contributed by atoms with Gasteiger partial charge >= 0.3 is 0 Å². The van der Waals surface area contributed by atoms with Gasteiger partial charge in [-0.2, -0.15) is 0 Å². The highest BCUT2D eigenvalue weighted by molar-refractivity contribution is 7.80. The third kappa shape index (κ3) is 5.74. The second-order valence-corrected chi connectivity index (χ2v) is 5.96. The average Bonchev–Trinajstić information content (AvgIpc) is 2.56. The summed E-state index contributed by atoms with van der Waals surface area (Å²) in [6.45, 7) is 7.17. The largest absolute Gasteiger partial charge is 0.492 e. The number of anilines is 1. The van der Waals surface area contributed by atoms with E-state index in [0.29, 0.717) is 18.3 Å². The molecule has 0 bridgehead atoms. The lowest BCUT2D eigenvalue weighted by Gasteiger charge is -2.19. The van der Waals surface area contributed by atoms with Crippen LogP contribution in [0, 0.1) is 6.92 Å². The summed E-state index contributed by atoms with van der Waals surface area (Å²) < 4.78 is 11.3. The summed E-state index contributed by atoms with van der Waals surface area (Å²) in [4.78, 5) is 0. The lowest BCUT2D eigenvalue weighted by atomic mass is 10.2. The summed E-state index contributed by atoms with van der Waals surface area (Å²) in [5.41, 5.74) is 2.07. The van der Waals surface area contributed by atoms with E-state index >= 15 is 0 Å². The van der Waals surface area contributed by atoms with Crippen molar-refractivity contribution in [1.29, 1.82) is 0 Å². The van der Waals surface area contributed by atoms with E-state index in [2.05, 4.69) is 17.6 Å². The van der Waals surface area contributed by atoms with E-state index in [-0.39, 0.29) is 6.04 Å². The second-order valence-electron chi connectivity index (χ2n) is 5.55. The summed E-state index contributed by atoms with van der Waals surface area (Å²) in [5.74, 6) is 1.64. The van der Waals surface area contributed by atoms with Crippen molar-refractivity contribution in [1.82, 2.24) is 5.32 Å². The highest BCUT2D eigenvalue weighted by Crippen LogP contribution is 2.23. The molecule has 2 aromatic carbocycles. The van der Waals surface area contributed by atoms with Crippen molar-refractivity contribution in [3.8, 4) is 11.5 Å². The number of benzene rings is 2. The molecule has 0 spiro atoms. The Hall–Kier alpha value is -2.27. The predicted octanol–water partition coefficient (Wildman–Crippen LogP) is 4.15. The van der Waals surface area contributed by atoms with Crippen LogP contribution in [0.15, 0.2) is 48.5 Å². The fourth-order valence-electron chi connectivity index (χ4n) is 2.13. The maximum atomic E-state index is 5.76. The predicted molar refractivity (Wildman–Crippen MR) is 103 cm³/mol. The van der Waals surface area contributed by atoms with Gasteiger partial charge in [0.15, 0.2) is 5.11 Å². The normalized spacial score (nSPS) is 11.5. The molecule has 24 heavy (non-hydrogen) atoms. The molecule has 0 aliphatic rings. The van der Waals surface area contributed by atoms with E-state index in [9.17, 15) is 0 Å². The second kappa shape index (κ2) is 9.13. The lowest BCUT2D eigenvalue weighted by molar-refractivity contribution is 0.287. The zero-order valence-electron chi connectivity index (χ0n) is 14.3. The molecule has 0 aliphatic carbocycles. The molecule has 0 saturated carbocycles. The number of nitrogens with one attached hydrogen (secondary N) is 2. The molecule has 1 atom stereocenters. The summed E-state index contributed by atoms with van der Waals surface area (Å²) >= 11 is 5.37. The van der Waals surface area contributed by atoms with E-state index in [1.165, 1.54) is 5.56 Å². The van der Waals surface area contributed by atoms with E-state index in [4.69, 9.17) is 21.7 Å². The van der Waals surface area contributed by atoms with Crippen LogP contribution in [0.5, 0.6) is 11.5 Å². The number of hydrogen-bond acceptors (Lipinski definition) is 3. The van der Waals surface area contributed by atoms with Crippen LogP contribution in [-0.4, -0.2) is 24.4 Å². The molecule has 5 heteroatoms. The molecule has 2 rings (SSSR count). The van der Waals surface area contributed by atoms with Crippen LogP contribution in [0.3, 0.4) is 0 Å². The summed E-state index contributed by atoms with van der Waals surface area (Å²) in [7, 11) is 0. The Balaban J connectivity index is 1.82. The lowest BCUT2D eigenvalue weighted by Crippen LogP contribution is -2.39. The molecular formula is C19H24N2O2S. The Bertz CT molecular complexity index is 659. The first-order valence-electron chi connectivity index (χ1n) is 8.07. The molecule has 0 saturated heterocycles. The van der Waals surface area contributed by atoms with Crippen LogP contribution in [-0.2, 0) is 0 Å². The molecule has 0 aromatic heterocycles. The number of hydrogen-bond donors (Lipinski definition) is 2. The van der Waals surface area contributed by atoms with Gasteiger partial charge in [-0.1, -0.05) is 29.8 Å². The standard InChI is InChI=1S/C19H24N2O2S/c1-4-22-18-8-6-5-7-17(18)21-19(24)20-15(3)13-23-16-11-9-14(2)10-12-16/h5-12,15H,4,13H2,1-3H3,(H2,20,21,24)/t15-/m1/s1. The Morgan fingerprint density at radius 3 is 2.50 bits per heavy atom. The van der Waals surface area contributed by atoms with E-state index < -0.39 is 0 Å². The first-order valence-corrected chi connectivity index (χ1v) is 8.48. The number of rotatable bonds is 7. The summed E-state index contributed by atoms with van der Waals surface area (Å²) in [6.07, 6.45) is 0. The van der Waals surface area contributed by atoms with Crippen LogP contribution >= 0.6 is 12.2 Å². The Morgan fingerprint density at radius 1 is 1.08 bits per heavy atom. The van der Waals surface area contributed by atoms with Gasteiger partial charge in [-0.05, 0) is 57.3 Å². The van der Waals surface area contributed by atoms with Gasteiger partial charge < -0.3 is 20.1 Å². The summed E-state index contributed by atoms with van der Waals surface area (Å²) in [5, 5.41) is 6.93. The first-order chi connectivity index (χ1) is 11.6. The molecule has 0 radical (unpaired) electrons. The highest BCUT2D eigenvalue weighted by atomic mass is 32.1. The highest BCUT2D eigenvalue weighted by Gasteiger charge is 2.08. The van der Waals surface area contributed by atoms with Crippen LogP contribution < -0.4 is 20.1 Å². The molecule has 0 amide bonds. The van der Waals surface area contributed by atoms with Crippen molar-refractivity contribution < 1.29 is 9.47 Å². The van der Waals surface area contributed by atoms with Crippen molar-refractivity contribution in [3.63, 3.8) is 0 Å². The van der Waals surface area contributed by atoms with Crippen molar-refractivity contribution >= 4 is 23.0 Å². The number of ether oxygens (including phenoxy) is 2. The Kier molecular flexibility index (Phi) is 6.88. The van der Waals surface area contributed by atoms with Gasteiger partial charge in [-0.25, -0.2) is 0 Å². The van der Waals surface area contributed by atoms with Gasteiger partial charge in [0.2, 0.25) is 0 Å². The third-order valence-corrected chi connectivity index (χ3v) is 3.55. The van der Waals surface area contributed by atoms with Crippen LogP contribution in [0.1, 0.15) is 19.4 Å². The van der Waals surface area contributed by atoms with Crippen molar-refractivity contribution in [2.24, 2.45) is 0 Å². The van der Waals surface area contributed by atoms with Crippen LogP contribution in [0.25, 0.3) is 0 Å². The smallest absolute Gasteiger partial charge is 0.171 e. The maximum Gasteiger partial charge on any atom is 0.171 e. The molecule has 0 unspecified atom stereocenters. The SMILES string of the molecule is CCOc1ccccc1NC(=S)N[C@H](C)COc1ccc(C)cc1. The molecule has 4 nitrogen and oxygen atoms in total. The molecular weight excluding hydrogens is 320 g/mol. The molecule has 2 N–H and O–H groups in total. The zero-order valence-corrected chi connectivity index (χ0v) is 15.2. The van der Waals surface area contributed by atoms with Gasteiger partial charge in [0.05, 0.1) is 18.3 Å². The Labute approximate surface area is 149 Å².